The number of aliphatic carboxylic acids is 1. The van der Waals surface area contributed by atoms with Gasteiger partial charge in [0.05, 0.1) is 6.61 Å². The van der Waals surface area contributed by atoms with E-state index in [1.165, 1.54) is 7.11 Å². The van der Waals surface area contributed by atoms with Gasteiger partial charge in [0.1, 0.15) is 6.04 Å². The molecular formula is C8H17NO3. The minimum Gasteiger partial charge on any atom is -0.480 e. The van der Waals surface area contributed by atoms with Crippen molar-refractivity contribution in [3.05, 3.63) is 0 Å². The fraction of sp³-hybridized carbons (Fsp3) is 0.875. The molecule has 0 aliphatic rings. The number of hydrogen-bond donors (Lipinski definition) is 1. The highest BCUT2D eigenvalue weighted by Crippen LogP contribution is 2.02. The fourth-order valence-corrected chi connectivity index (χ4v) is 0.881. The van der Waals surface area contributed by atoms with E-state index in [0.29, 0.717) is 0 Å². The second-order valence-corrected chi connectivity index (χ2v) is 3.07. The Morgan fingerprint density at radius 3 is 2.33 bits per heavy atom. The van der Waals surface area contributed by atoms with Crippen LogP contribution in [0, 0.1) is 0 Å². The van der Waals surface area contributed by atoms with E-state index in [1.807, 2.05) is 13.8 Å². The molecule has 0 aliphatic heterocycles. The minimum absolute atomic E-state index is 0.209. The van der Waals surface area contributed by atoms with Gasteiger partial charge in [-0.15, -0.1) is 0 Å². The standard InChI is InChI=1S/C8H17NO3/c1-6(2)9(3)7(5-12-4)8(10)11/h6-7H,5H2,1-4H3,(H,10,11). The topological polar surface area (TPSA) is 49.8 Å². The average Bonchev–Trinajstić information content (AvgIpc) is 1.98. The molecule has 12 heavy (non-hydrogen) atoms. The van der Waals surface area contributed by atoms with E-state index in [4.69, 9.17) is 9.84 Å². The molecule has 4 nitrogen and oxygen atoms in total. The molecule has 0 aromatic heterocycles. The summed E-state index contributed by atoms with van der Waals surface area (Å²) in [6, 6.07) is -0.337. The number of carboxylic acid groups (broad SMARTS) is 1. The lowest BCUT2D eigenvalue weighted by molar-refractivity contribution is -0.145. The smallest absolute Gasteiger partial charge is 0.323 e. The second kappa shape index (κ2) is 5.11. The molecule has 1 unspecified atom stereocenters. The molecule has 0 saturated heterocycles. The van der Waals surface area contributed by atoms with Crippen molar-refractivity contribution in [2.45, 2.75) is 25.9 Å². The predicted molar refractivity (Wildman–Crippen MR) is 46.2 cm³/mol. The molecule has 0 aromatic rings. The normalized spacial score (nSPS) is 13.8. The molecule has 0 fully saturated rings. The van der Waals surface area contributed by atoms with Crippen LogP contribution >= 0.6 is 0 Å². The maximum atomic E-state index is 10.7. The molecule has 0 aromatic carbocycles. The summed E-state index contributed by atoms with van der Waals surface area (Å²) in [6.07, 6.45) is 0. The van der Waals surface area contributed by atoms with Crippen LogP contribution in [0.15, 0.2) is 0 Å². The molecule has 0 radical (unpaired) electrons. The molecule has 1 atom stereocenters. The number of hydrogen-bond acceptors (Lipinski definition) is 3. The highest BCUT2D eigenvalue weighted by atomic mass is 16.5. The summed E-state index contributed by atoms with van der Waals surface area (Å²) in [7, 11) is 3.28. The van der Waals surface area contributed by atoms with Crippen LogP contribution in [0.2, 0.25) is 0 Å². The minimum atomic E-state index is -0.840. The summed E-state index contributed by atoms with van der Waals surface area (Å²) in [5.74, 6) is -0.840. The quantitative estimate of drug-likeness (QED) is 0.658. The van der Waals surface area contributed by atoms with Crippen molar-refractivity contribution in [3.8, 4) is 0 Å². The van der Waals surface area contributed by atoms with Crippen LogP contribution < -0.4 is 0 Å². The van der Waals surface area contributed by atoms with Gasteiger partial charge in [-0.1, -0.05) is 0 Å². The third-order valence-electron chi connectivity index (χ3n) is 1.92. The molecule has 0 heterocycles. The van der Waals surface area contributed by atoms with E-state index in [-0.39, 0.29) is 12.6 Å². The molecule has 0 amide bonds. The van der Waals surface area contributed by atoms with Gasteiger partial charge in [0.25, 0.3) is 0 Å². The first-order valence-corrected chi connectivity index (χ1v) is 3.94. The van der Waals surface area contributed by atoms with Gasteiger partial charge in [-0.25, -0.2) is 0 Å². The van der Waals surface area contributed by atoms with Crippen LogP contribution in [0.5, 0.6) is 0 Å². The number of nitrogens with zero attached hydrogens (tertiary/aromatic N) is 1. The van der Waals surface area contributed by atoms with E-state index in [9.17, 15) is 4.79 Å². The number of methoxy groups -OCH3 is 1. The van der Waals surface area contributed by atoms with E-state index < -0.39 is 12.0 Å². The fourth-order valence-electron chi connectivity index (χ4n) is 0.881. The van der Waals surface area contributed by atoms with Gasteiger partial charge >= 0.3 is 5.97 Å². The van der Waals surface area contributed by atoms with E-state index in [0.717, 1.165) is 0 Å². The molecule has 0 bridgehead atoms. The Balaban J connectivity index is 4.18. The van der Waals surface area contributed by atoms with Crippen molar-refractivity contribution in [3.63, 3.8) is 0 Å². The van der Waals surface area contributed by atoms with E-state index in [1.54, 1.807) is 11.9 Å². The lowest BCUT2D eigenvalue weighted by Crippen LogP contribution is -2.45. The lowest BCUT2D eigenvalue weighted by atomic mass is 10.2. The Bertz CT molecular complexity index is 147. The van der Waals surface area contributed by atoms with Crippen LogP contribution in [0.3, 0.4) is 0 Å². The molecule has 4 heteroatoms. The summed E-state index contributed by atoms with van der Waals surface area (Å²) in [4.78, 5) is 12.5. The monoisotopic (exact) mass is 175 g/mol. The zero-order valence-electron chi connectivity index (χ0n) is 8.07. The van der Waals surface area contributed by atoms with Gasteiger partial charge < -0.3 is 9.84 Å². The number of rotatable bonds is 5. The summed E-state index contributed by atoms with van der Waals surface area (Å²) >= 11 is 0. The zero-order valence-corrected chi connectivity index (χ0v) is 8.07. The van der Waals surface area contributed by atoms with Crippen molar-refractivity contribution in [2.24, 2.45) is 0 Å². The van der Waals surface area contributed by atoms with Crippen molar-refractivity contribution in [1.82, 2.24) is 4.90 Å². The number of ether oxygens (including phenoxy) is 1. The van der Waals surface area contributed by atoms with Gasteiger partial charge in [0.15, 0.2) is 0 Å². The third-order valence-corrected chi connectivity index (χ3v) is 1.92. The molecule has 0 rings (SSSR count). The zero-order chi connectivity index (χ0) is 9.72. The van der Waals surface area contributed by atoms with Crippen LogP contribution in [0.4, 0.5) is 0 Å². The highest BCUT2D eigenvalue weighted by Gasteiger charge is 2.23. The van der Waals surface area contributed by atoms with E-state index >= 15 is 0 Å². The Labute approximate surface area is 73.1 Å². The first kappa shape index (κ1) is 11.4. The summed E-state index contributed by atoms with van der Waals surface area (Å²) in [5, 5.41) is 8.80. The lowest BCUT2D eigenvalue weighted by Gasteiger charge is -2.27. The first-order valence-electron chi connectivity index (χ1n) is 3.94. The van der Waals surface area contributed by atoms with E-state index in [2.05, 4.69) is 0 Å². The van der Waals surface area contributed by atoms with Gasteiger partial charge in [-0.3, -0.25) is 9.69 Å². The van der Waals surface area contributed by atoms with Gasteiger partial charge in [0.2, 0.25) is 0 Å². The number of carbonyl (C=O) groups is 1. The van der Waals surface area contributed by atoms with Gasteiger partial charge in [-0.2, -0.15) is 0 Å². The van der Waals surface area contributed by atoms with Crippen LogP contribution in [-0.4, -0.2) is 48.8 Å². The first-order chi connectivity index (χ1) is 5.50. The summed E-state index contributed by atoms with van der Waals surface area (Å²) < 4.78 is 4.81. The maximum absolute atomic E-state index is 10.7. The van der Waals surface area contributed by atoms with Crippen LogP contribution in [-0.2, 0) is 9.53 Å². The van der Waals surface area contributed by atoms with Crippen molar-refractivity contribution < 1.29 is 14.6 Å². The Kier molecular flexibility index (Phi) is 4.85. The van der Waals surface area contributed by atoms with Crippen molar-refractivity contribution in [1.29, 1.82) is 0 Å². The SMILES string of the molecule is COCC(C(=O)O)N(C)C(C)C. The predicted octanol–water partition coefficient (Wildman–Crippen LogP) is 0.426. The third kappa shape index (κ3) is 3.19. The Morgan fingerprint density at radius 2 is 2.08 bits per heavy atom. The molecule has 72 valence electrons. The largest absolute Gasteiger partial charge is 0.480 e. The summed E-state index contributed by atoms with van der Waals surface area (Å²) in [6.45, 7) is 4.13. The summed E-state index contributed by atoms with van der Waals surface area (Å²) in [5.41, 5.74) is 0. The molecule has 1 N–H and O–H groups in total. The van der Waals surface area contributed by atoms with Crippen molar-refractivity contribution >= 4 is 5.97 Å². The average molecular weight is 175 g/mol. The molecule has 0 aliphatic carbocycles. The second-order valence-electron chi connectivity index (χ2n) is 3.07. The maximum Gasteiger partial charge on any atom is 0.323 e. The molecular weight excluding hydrogens is 158 g/mol. The number of carboxylic acids is 1. The van der Waals surface area contributed by atoms with Gasteiger partial charge in [0, 0.05) is 13.2 Å². The van der Waals surface area contributed by atoms with Crippen LogP contribution in [0.1, 0.15) is 13.8 Å². The van der Waals surface area contributed by atoms with Crippen molar-refractivity contribution in [2.75, 3.05) is 20.8 Å². The van der Waals surface area contributed by atoms with Gasteiger partial charge in [-0.05, 0) is 20.9 Å². The highest BCUT2D eigenvalue weighted by molar-refractivity contribution is 5.73. The van der Waals surface area contributed by atoms with Crippen LogP contribution in [0.25, 0.3) is 0 Å². The molecule has 0 saturated carbocycles. The number of likely N-dealkylation sites (N-methyl/N-ethyl adjacent to an activating group) is 1. The Hall–Kier alpha value is -0.610. The molecule has 0 spiro atoms. The Morgan fingerprint density at radius 1 is 1.58 bits per heavy atom.